The van der Waals surface area contributed by atoms with Gasteiger partial charge in [-0.1, -0.05) is 0 Å². The lowest BCUT2D eigenvalue weighted by Gasteiger charge is -2.06. The van der Waals surface area contributed by atoms with Gasteiger partial charge in [0.25, 0.3) is 6.43 Å². The first kappa shape index (κ1) is 14.9. The lowest BCUT2D eigenvalue weighted by molar-refractivity contribution is -0.388. The molecule has 0 saturated heterocycles. The van der Waals surface area contributed by atoms with E-state index >= 15 is 0 Å². The molecule has 0 fully saturated rings. The van der Waals surface area contributed by atoms with Gasteiger partial charge in [-0.05, 0) is 6.92 Å². The van der Waals surface area contributed by atoms with Crippen LogP contribution in [-0.4, -0.2) is 22.5 Å². The smallest absolute Gasteiger partial charge is 0.326 e. The number of alkyl halides is 2. The molecular weight excluding hydrogens is 269 g/mol. The van der Waals surface area contributed by atoms with Gasteiger partial charge in [0.15, 0.2) is 0 Å². The summed E-state index contributed by atoms with van der Waals surface area (Å²) in [6.45, 7) is 1.50. The zero-order valence-electron chi connectivity index (χ0n) is 9.73. The normalized spacial score (nSPS) is 10.6. The minimum Gasteiger partial charge on any atom is -0.466 e. The molecule has 19 heavy (non-hydrogen) atoms. The summed E-state index contributed by atoms with van der Waals surface area (Å²) < 4.78 is 42.8. The Balaban J connectivity index is 3.24. The van der Waals surface area contributed by atoms with Gasteiger partial charge < -0.3 is 4.74 Å². The number of hydrogen-bond donors (Lipinski definition) is 0. The van der Waals surface area contributed by atoms with E-state index < -0.39 is 46.6 Å². The van der Waals surface area contributed by atoms with Crippen molar-refractivity contribution in [2.24, 2.45) is 0 Å². The maximum atomic E-state index is 13.4. The maximum absolute atomic E-state index is 13.4. The molecule has 0 radical (unpaired) electrons. The van der Waals surface area contributed by atoms with Gasteiger partial charge in [-0.3, -0.25) is 14.9 Å². The van der Waals surface area contributed by atoms with Crippen LogP contribution in [0, 0.1) is 15.9 Å². The summed E-state index contributed by atoms with van der Waals surface area (Å²) in [6, 6.07) is 0.275. The van der Waals surface area contributed by atoms with Crippen LogP contribution >= 0.6 is 0 Å². The van der Waals surface area contributed by atoms with Crippen LogP contribution in [0.25, 0.3) is 0 Å². The van der Waals surface area contributed by atoms with Crippen LogP contribution in [0.5, 0.6) is 0 Å². The van der Waals surface area contributed by atoms with E-state index in [1.54, 1.807) is 0 Å². The molecule has 0 atom stereocenters. The molecule has 1 heterocycles. The van der Waals surface area contributed by atoms with Gasteiger partial charge in [-0.15, -0.1) is 0 Å². The Morgan fingerprint density at radius 3 is 2.68 bits per heavy atom. The average Bonchev–Trinajstić information content (AvgIpc) is 2.27. The van der Waals surface area contributed by atoms with Crippen molar-refractivity contribution < 1.29 is 27.6 Å². The third kappa shape index (κ3) is 3.63. The second kappa shape index (κ2) is 6.12. The molecule has 0 aliphatic rings. The number of esters is 1. The highest BCUT2D eigenvalue weighted by atomic mass is 19.3. The Morgan fingerprint density at radius 1 is 1.58 bits per heavy atom. The number of halogens is 3. The van der Waals surface area contributed by atoms with Gasteiger partial charge in [0.2, 0.25) is 5.82 Å². The van der Waals surface area contributed by atoms with Crippen LogP contribution in [0.4, 0.5) is 18.9 Å². The Labute approximate surface area is 105 Å². The van der Waals surface area contributed by atoms with Gasteiger partial charge >= 0.3 is 11.7 Å². The van der Waals surface area contributed by atoms with Crippen LogP contribution in [0.15, 0.2) is 6.07 Å². The van der Waals surface area contributed by atoms with Crippen molar-refractivity contribution in [3.05, 3.63) is 33.4 Å². The molecule has 0 aliphatic carbocycles. The number of carbonyl (C=O) groups excluding carboxylic acids is 1. The minimum absolute atomic E-state index is 0.00362. The van der Waals surface area contributed by atoms with Crippen LogP contribution in [-0.2, 0) is 16.0 Å². The second-order valence-corrected chi connectivity index (χ2v) is 3.36. The summed E-state index contributed by atoms with van der Waals surface area (Å²) >= 11 is 0. The molecule has 9 heteroatoms. The van der Waals surface area contributed by atoms with Crippen LogP contribution in [0.3, 0.4) is 0 Å². The summed E-state index contributed by atoms with van der Waals surface area (Å²) in [5.74, 6) is -2.38. The molecule has 1 rings (SSSR count). The quantitative estimate of drug-likeness (QED) is 0.468. The highest BCUT2D eigenvalue weighted by Crippen LogP contribution is 2.26. The van der Waals surface area contributed by atoms with E-state index in [4.69, 9.17) is 0 Å². The van der Waals surface area contributed by atoms with Crippen LogP contribution in [0.1, 0.15) is 24.7 Å². The second-order valence-electron chi connectivity index (χ2n) is 3.36. The number of carbonyl (C=O) groups is 1. The Kier molecular flexibility index (Phi) is 4.79. The predicted molar refractivity (Wildman–Crippen MR) is 56.1 cm³/mol. The van der Waals surface area contributed by atoms with Gasteiger partial charge in [0, 0.05) is 6.07 Å². The standard InChI is InChI=1S/C10H9F3N2O4/c1-2-19-8(16)4-6-9(15(17)18)5(11)3-7(14-6)10(12)13/h3,10H,2,4H2,1H3. The number of hydrogen-bond acceptors (Lipinski definition) is 5. The van der Waals surface area contributed by atoms with Crippen molar-refractivity contribution in [2.45, 2.75) is 19.8 Å². The molecule has 0 aromatic carbocycles. The van der Waals surface area contributed by atoms with Crippen molar-refractivity contribution in [3.8, 4) is 0 Å². The number of ether oxygens (including phenoxy) is 1. The molecule has 6 nitrogen and oxygen atoms in total. The number of nitrogens with zero attached hydrogens (tertiary/aromatic N) is 2. The predicted octanol–water partition coefficient (Wildman–Crippen LogP) is 2.17. The maximum Gasteiger partial charge on any atom is 0.326 e. The van der Waals surface area contributed by atoms with Gasteiger partial charge in [-0.25, -0.2) is 13.8 Å². The van der Waals surface area contributed by atoms with E-state index in [-0.39, 0.29) is 12.7 Å². The Bertz CT molecular complexity index is 508. The van der Waals surface area contributed by atoms with Crippen LogP contribution < -0.4 is 0 Å². The van der Waals surface area contributed by atoms with E-state index in [1.807, 2.05) is 0 Å². The van der Waals surface area contributed by atoms with E-state index in [2.05, 4.69) is 9.72 Å². The summed E-state index contributed by atoms with van der Waals surface area (Å²) in [6.07, 6.45) is -3.85. The lowest BCUT2D eigenvalue weighted by Crippen LogP contribution is -2.13. The van der Waals surface area contributed by atoms with Gasteiger partial charge in [-0.2, -0.15) is 4.39 Å². The molecule has 0 saturated carbocycles. The molecule has 0 aliphatic heterocycles. The van der Waals surface area contributed by atoms with Gasteiger partial charge in [0.05, 0.1) is 18.0 Å². The Morgan fingerprint density at radius 2 is 2.21 bits per heavy atom. The number of rotatable bonds is 5. The summed E-state index contributed by atoms with van der Waals surface area (Å²) in [7, 11) is 0. The number of pyridine rings is 1. The fraction of sp³-hybridized carbons (Fsp3) is 0.400. The molecular formula is C10H9F3N2O4. The first-order valence-corrected chi connectivity index (χ1v) is 5.14. The molecule has 0 spiro atoms. The molecule has 104 valence electrons. The van der Waals surface area contributed by atoms with E-state index in [9.17, 15) is 28.1 Å². The monoisotopic (exact) mass is 278 g/mol. The third-order valence-electron chi connectivity index (χ3n) is 2.06. The van der Waals surface area contributed by atoms with Crippen LogP contribution in [0.2, 0.25) is 0 Å². The highest BCUT2D eigenvalue weighted by molar-refractivity contribution is 5.73. The van der Waals surface area contributed by atoms with Crippen molar-refractivity contribution in [2.75, 3.05) is 6.61 Å². The fourth-order valence-electron chi connectivity index (χ4n) is 1.35. The number of nitro groups is 1. The Hall–Kier alpha value is -2.19. The SMILES string of the molecule is CCOC(=O)Cc1nc(C(F)F)cc(F)c1[N+](=O)[O-]. The zero-order valence-corrected chi connectivity index (χ0v) is 9.73. The lowest BCUT2D eigenvalue weighted by atomic mass is 10.2. The molecule has 0 amide bonds. The summed E-state index contributed by atoms with van der Waals surface area (Å²) in [5.41, 5.74) is -2.75. The van der Waals surface area contributed by atoms with E-state index in [0.29, 0.717) is 0 Å². The number of aromatic nitrogens is 1. The average molecular weight is 278 g/mol. The van der Waals surface area contributed by atoms with Gasteiger partial charge in [0.1, 0.15) is 11.4 Å². The first-order chi connectivity index (χ1) is 8.86. The molecule has 1 aromatic heterocycles. The van der Waals surface area contributed by atoms with E-state index in [0.717, 1.165) is 0 Å². The largest absolute Gasteiger partial charge is 0.466 e. The van der Waals surface area contributed by atoms with Crippen molar-refractivity contribution in [3.63, 3.8) is 0 Å². The topological polar surface area (TPSA) is 82.3 Å². The fourth-order valence-corrected chi connectivity index (χ4v) is 1.35. The molecule has 0 bridgehead atoms. The van der Waals surface area contributed by atoms with Crippen molar-refractivity contribution in [1.82, 2.24) is 4.98 Å². The molecule has 1 aromatic rings. The molecule has 0 N–H and O–H groups in total. The summed E-state index contributed by atoms with van der Waals surface area (Å²) in [4.78, 5) is 24.0. The summed E-state index contributed by atoms with van der Waals surface area (Å²) in [5, 5.41) is 10.6. The van der Waals surface area contributed by atoms with E-state index in [1.165, 1.54) is 6.92 Å². The van der Waals surface area contributed by atoms with Crippen molar-refractivity contribution in [1.29, 1.82) is 0 Å². The highest BCUT2D eigenvalue weighted by Gasteiger charge is 2.27. The minimum atomic E-state index is -3.10. The third-order valence-corrected chi connectivity index (χ3v) is 2.06. The molecule has 0 unspecified atom stereocenters. The van der Waals surface area contributed by atoms with Crippen molar-refractivity contribution >= 4 is 11.7 Å². The first-order valence-electron chi connectivity index (χ1n) is 5.14. The zero-order chi connectivity index (χ0) is 14.6.